The summed E-state index contributed by atoms with van der Waals surface area (Å²) in [5, 5.41) is 0. The Balaban J connectivity index is 3.31. The fraction of sp³-hybridized carbons (Fsp3) is 0.900. The third-order valence-corrected chi connectivity index (χ3v) is 1.58. The number of carbonyl (C=O) groups is 1. The largest absolute Gasteiger partial charge is 0.467 e. The second kappa shape index (κ2) is 7.76. The maximum atomic E-state index is 10.9. The van der Waals surface area contributed by atoms with Crippen molar-refractivity contribution in [2.24, 2.45) is 5.92 Å². The maximum absolute atomic E-state index is 10.9. The van der Waals surface area contributed by atoms with Crippen LogP contribution in [0, 0.1) is 5.92 Å². The van der Waals surface area contributed by atoms with Crippen molar-refractivity contribution in [3.63, 3.8) is 0 Å². The van der Waals surface area contributed by atoms with Crippen LogP contribution in [0.5, 0.6) is 0 Å². The first-order valence-corrected chi connectivity index (χ1v) is 4.85. The molecule has 0 heterocycles. The monoisotopic (exact) mass is 204 g/mol. The molecular weight excluding hydrogens is 184 g/mol. The molecule has 0 amide bonds. The molecule has 0 aromatic carbocycles. The molecule has 14 heavy (non-hydrogen) atoms. The van der Waals surface area contributed by atoms with E-state index in [1.165, 1.54) is 7.11 Å². The summed E-state index contributed by atoms with van der Waals surface area (Å²) >= 11 is 0. The Bertz CT molecular complexity index is 156. The van der Waals surface area contributed by atoms with Crippen molar-refractivity contribution >= 4 is 5.97 Å². The van der Waals surface area contributed by atoms with Crippen molar-refractivity contribution in [3.8, 4) is 0 Å². The van der Waals surface area contributed by atoms with Crippen LogP contribution in [0.2, 0.25) is 0 Å². The molecule has 0 fully saturated rings. The van der Waals surface area contributed by atoms with Gasteiger partial charge < -0.3 is 14.2 Å². The normalized spacial score (nSPS) is 12.9. The van der Waals surface area contributed by atoms with Gasteiger partial charge in [0.25, 0.3) is 0 Å². The Morgan fingerprint density at radius 2 is 1.86 bits per heavy atom. The second-order valence-corrected chi connectivity index (χ2v) is 3.50. The number of rotatable bonds is 7. The Hall–Kier alpha value is -0.610. The van der Waals surface area contributed by atoms with Crippen LogP contribution in [-0.4, -0.2) is 39.0 Å². The Labute approximate surface area is 85.5 Å². The zero-order valence-corrected chi connectivity index (χ0v) is 9.41. The van der Waals surface area contributed by atoms with Gasteiger partial charge in [0.15, 0.2) is 6.10 Å². The number of esters is 1. The number of carbonyl (C=O) groups excluding carboxylic acids is 1. The summed E-state index contributed by atoms with van der Waals surface area (Å²) in [6, 6.07) is 0. The third-order valence-electron chi connectivity index (χ3n) is 1.58. The molecule has 0 aromatic rings. The van der Waals surface area contributed by atoms with E-state index in [1.807, 2.05) is 0 Å². The average Bonchev–Trinajstić information content (AvgIpc) is 2.15. The van der Waals surface area contributed by atoms with Crippen molar-refractivity contribution in [2.75, 3.05) is 26.9 Å². The summed E-state index contributed by atoms with van der Waals surface area (Å²) in [4.78, 5) is 10.9. The molecule has 0 aliphatic carbocycles. The van der Waals surface area contributed by atoms with Gasteiger partial charge in [-0.3, -0.25) is 0 Å². The summed E-state index contributed by atoms with van der Waals surface area (Å²) in [6.07, 6.45) is -0.511. The van der Waals surface area contributed by atoms with Gasteiger partial charge in [0.2, 0.25) is 0 Å². The van der Waals surface area contributed by atoms with Crippen LogP contribution < -0.4 is 0 Å². The van der Waals surface area contributed by atoms with Crippen LogP contribution in [0.15, 0.2) is 0 Å². The fourth-order valence-electron chi connectivity index (χ4n) is 0.837. The molecule has 0 radical (unpaired) electrons. The van der Waals surface area contributed by atoms with E-state index in [0.717, 1.165) is 6.61 Å². The molecule has 0 saturated carbocycles. The lowest BCUT2D eigenvalue weighted by Gasteiger charge is -2.11. The average molecular weight is 204 g/mol. The van der Waals surface area contributed by atoms with Crippen molar-refractivity contribution in [3.05, 3.63) is 0 Å². The van der Waals surface area contributed by atoms with E-state index in [1.54, 1.807) is 6.92 Å². The zero-order chi connectivity index (χ0) is 11.0. The van der Waals surface area contributed by atoms with E-state index in [9.17, 15) is 4.79 Å². The van der Waals surface area contributed by atoms with Crippen LogP contribution in [0.1, 0.15) is 20.8 Å². The van der Waals surface area contributed by atoms with E-state index in [-0.39, 0.29) is 5.97 Å². The molecule has 0 aliphatic rings. The molecule has 84 valence electrons. The van der Waals surface area contributed by atoms with Gasteiger partial charge in [-0.15, -0.1) is 0 Å². The van der Waals surface area contributed by atoms with Crippen molar-refractivity contribution in [1.82, 2.24) is 0 Å². The van der Waals surface area contributed by atoms with Crippen LogP contribution >= 0.6 is 0 Å². The molecule has 0 aromatic heterocycles. The number of hydrogen-bond donors (Lipinski definition) is 0. The van der Waals surface area contributed by atoms with Crippen LogP contribution in [0.4, 0.5) is 0 Å². The molecule has 0 rings (SSSR count). The van der Waals surface area contributed by atoms with Gasteiger partial charge in [-0.1, -0.05) is 13.8 Å². The van der Waals surface area contributed by atoms with Crippen molar-refractivity contribution < 1.29 is 19.0 Å². The van der Waals surface area contributed by atoms with E-state index in [0.29, 0.717) is 19.1 Å². The van der Waals surface area contributed by atoms with Crippen LogP contribution in [0.25, 0.3) is 0 Å². The molecule has 1 unspecified atom stereocenters. The third kappa shape index (κ3) is 6.86. The summed E-state index contributed by atoms with van der Waals surface area (Å²) in [7, 11) is 1.34. The van der Waals surface area contributed by atoms with Gasteiger partial charge in [-0.05, 0) is 12.8 Å². The minimum Gasteiger partial charge on any atom is -0.467 e. The minimum atomic E-state index is -0.511. The molecule has 0 aliphatic heterocycles. The van der Waals surface area contributed by atoms with Gasteiger partial charge >= 0.3 is 5.97 Å². The molecule has 4 heteroatoms. The maximum Gasteiger partial charge on any atom is 0.334 e. The second-order valence-electron chi connectivity index (χ2n) is 3.50. The van der Waals surface area contributed by atoms with E-state index in [4.69, 9.17) is 9.47 Å². The predicted molar refractivity (Wildman–Crippen MR) is 53.1 cm³/mol. The highest BCUT2D eigenvalue weighted by molar-refractivity contribution is 5.73. The highest BCUT2D eigenvalue weighted by Gasteiger charge is 2.12. The summed E-state index contributed by atoms with van der Waals surface area (Å²) in [5.74, 6) is 0.168. The SMILES string of the molecule is COC(=O)C(C)OCCOCC(C)C. The van der Waals surface area contributed by atoms with Crippen molar-refractivity contribution in [2.45, 2.75) is 26.9 Å². The first-order chi connectivity index (χ1) is 6.57. The van der Waals surface area contributed by atoms with Crippen LogP contribution in [-0.2, 0) is 19.0 Å². The quantitative estimate of drug-likeness (QED) is 0.462. The summed E-state index contributed by atoms with van der Waals surface area (Å²) < 4.78 is 15.0. The zero-order valence-electron chi connectivity index (χ0n) is 9.41. The number of ether oxygens (including phenoxy) is 3. The Morgan fingerprint density at radius 1 is 1.21 bits per heavy atom. The molecule has 0 spiro atoms. The molecule has 0 N–H and O–H groups in total. The molecular formula is C10H20O4. The van der Waals surface area contributed by atoms with Gasteiger partial charge in [0.1, 0.15) is 0 Å². The highest BCUT2D eigenvalue weighted by Crippen LogP contribution is 1.95. The van der Waals surface area contributed by atoms with Crippen molar-refractivity contribution in [1.29, 1.82) is 0 Å². The molecule has 1 atom stereocenters. The first-order valence-electron chi connectivity index (χ1n) is 4.85. The molecule has 0 bridgehead atoms. The van der Waals surface area contributed by atoms with Gasteiger partial charge in [-0.2, -0.15) is 0 Å². The number of hydrogen-bond acceptors (Lipinski definition) is 4. The lowest BCUT2D eigenvalue weighted by Crippen LogP contribution is -2.24. The van der Waals surface area contributed by atoms with E-state index in [2.05, 4.69) is 18.6 Å². The van der Waals surface area contributed by atoms with Crippen LogP contribution in [0.3, 0.4) is 0 Å². The minimum absolute atomic E-state index is 0.353. The summed E-state index contributed by atoms with van der Waals surface area (Å²) in [5.41, 5.74) is 0. The lowest BCUT2D eigenvalue weighted by molar-refractivity contribution is -0.153. The van der Waals surface area contributed by atoms with Gasteiger partial charge in [0.05, 0.1) is 20.3 Å². The Morgan fingerprint density at radius 3 is 2.36 bits per heavy atom. The Kier molecular flexibility index (Phi) is 7.42. The number of methoxy groups -OCH3 is 1. The first kappa shape index (κ1) is 13.4. The van der Waals surface area contributed by atoms with E-state index < -0.39 is 6.10 Å². The smallest absolute Gasteiger partial charge is 0.334 e. The highest BCUT2D eigenvalue weighted by atomic mass is 16.6. The van der Waals surface area contributed by atoms with Gasteiger partial charge in [0, 0.05) is 6.61 Å². The van der Waals surface area contributed by atoms with Gasteiger partial charge in [-0.25, -0.2) is 4.79 Å². The predicted octanol–water partition coefficient (Wildman–Crippen LogP) is 1.24. The molecule has 4 nitrogen and oxygen atoms in total. The topological polar surface area (TPSA) is 44.8 Å². The standard InChI is InChI=1S/C10H20O4/c1-8(2)7-13-5-6-14-9(3)10(11)12-4/h8-9H,5-7H2,1-4H3. The van der Waals surface area contributed by atoms with E-state index >= 15 is 0 Å². The molecule has 0 saturated heterocycles. The lowest BCUT2D eigenvalue weighted by atomic mass is 10.2. The fourth-order valence-corrected chi connectivity index (χ4v) is 0.837. The summed E-state index contributed by atoms with van der Waals surface area (Å²) in [6.45, 7) is 7.47.